The lowest BCUT2D eigenvalue weighted by molar-refractivity contribution is -0.167. The van der Waals surface area contributed by atoms with Gasteiger partial charge in [-0.2, -0.15) is 0 Å². The molecule has 0 aliphatic heterocycles. The number of hydrogen-bond donors (Lipinski definition) is 0. The van der Waals surface area contributed by atoms with E-state index in [-0.39, 0.29) is 31.1 Å². The molecule has 6 heteroatoms. The van der Waals surface area contributed by atoms with E-state index in [0.717, 1.165) is 96.3 Å². The highest BCUT2D eigenvalue weighted by Crippen LogP contribution is 2.15. The number of esters is 3. The highest BCUT2D eigenvalue weighted by Gasteiger charge is 2.19. The maximum absolute atomic E-state index is 12.7. The Morgan fingerprint density at radius 2 is 0.629 bits per heavy atom. The molecular formula is C56H98O6. The molecule has 0 radical (unpaired) electrons. The summed E-state index contributed by atoms with van der Waals surface area (Å²) in [6, 6.07) is 0. The molecule has 0 heterocycles. The van der Waals surface area contributed by atoms with Crippen LogP contribution < -0.4 is 0 Å². The molecule has 62 heavy (non-hydrogen) atoms. The van der Waals surface area contributed by atoms with Crippen molar-refractivity contribution in [1.82, 2.24) is 0 Å². The number of allylic oxidation sites excluding steroid dienone is 10. The van der Waals surface area contributed by atoms with Gasteiger partial charge in [-0.3, -0.25) is 14.4 Å². The second-order valence-electron chi connectivity index (χ2n) is 17.4. The Balaban J connectivity index is 4.18. The molecule has 0 rings (SSSR count). The van der Waals surface area contributed by atoms with Crippen molar-refractivity contribution in [2.45, 2.75) is 264 Å². The first-order valence-corrected chi connectivity index (χ1v) is 26.3. The quantitative estimate of drug-likeness (QED) is 0.0262. The third-order valence-corrected chi connectivity index (χ3v) is 11.3. The number of rotatable bonds is 47. The predicted molar refractivity (Wildman–Crippen MR) is 265 cm³/mol. The van der Waals surface area contributed by atoms with E-state index in [1.165, 1.54) is 122 Å². The van der Waals surface area contributed by atoms with Crippen molar-refractivity contribution in [1.29, 1.82) is 0 Å². The molecule has 0 aliphatic carbocycles. The van der Waals surface area contributed by atoms with Gasteiger partial charge < -0.3 is 14.2 Å². The van der Waals surface area contributed by atoms with Crippen LogP contribution >= 0.6 is 0 Å². The van der Waals surface area contributed by atoms with Crippen molar-refractivity contribution in [2.75, 3.05) is 13.2 Å². The molecule has 358 valence electrons. The summed E-state index contributed by atoms with van der Waals surface area (Å²) in [6.45, 7) is 6.49. The minimum absolute atomic E-state index is 0.0727. The second-order valence-corrected chi connectivity index (χ2v) is 17.4. The van der Waals surface area contributed by atoms with Crippen molar-refractivity contribution in [3.8, 4) is 0 Å². The lowest BCUT2D eigenvalue weighted by atomic mass is 10.1. The van der Waals surface area contributed by atoms with Gasteiger partial charge in [0.05, 0.1) is 0 Å². The zero-order valence-corrected chi connectivity index (χ0v) is 40.9. The average Bonchev–Trinajstić information content (AvgIpc) is 3.27. The maximum atomic E-state index is 12.7. The molecule has 0 aromatic heterocycles. The van der Waals surface area contributed by atoms with Crippen LogP contribution in [0.3, 0.4) is 0 Å². The fourth-order valence-electron chi connectivity index (χ4n) is 7.35. The van der Waals surface area contributed by atoms with E-state index in [0.29, 0.717) is 19.3 Å². The highest BCUT2D eigenvalue weighted by atomic mass is 16.6. The van der Waals surface area contributed by atoms with Crippen molar-refractivity contribution in [2.24, 2.45) is 0 Å². The van der Waals surface area contributed by atoms with Gasteiger partial charge in [0.15, 0.2) is 6.10 Å². The molecule has 0 saturated carbocycles. The summed E-state index contributed by atoms with van der Waals surface area (Å²) in [6.07, 6.45) is 62.2. The molecule has 0 aromatic carbocycles. The molecule has 0 spiro atoms. The molecule has 0 saturated heterocycles. The van der Waals surface area contributed by atoms with E-state index < -0.39 is 6.10 Å². The fourth-order valence-corrected chi connectivity index (χ4v) is 7.35. The van der Waals surface area contributed by atoms with Gasteiger partial charge in [0.1, 0.15) is 13.2 Å². The summed E-state index contributed by atoms with van der Waals surface area (Å²) in [4.78, 5) is 37.8. The van der Waals surface area contributed by atoms with Gasteiger partial charge in [-0.1, -0.05) is 236 Å². The van der Waals surface area contributed by atoms with Crippen LogP contribution in [0.15, 0.2) is 60.8 Å². The largest absolute Gasteiger partial charge is 0.462 e. The number of unbranched alkanes of at least 4 members (excludes halogenated alkanes) is 26. The summed E-state index contributed by atoms with van der Waals surface area (Å²) in [5.41, 5.74) is 0. The number of hydrogen-bond acceptors (Lipinski definition) is 6. The topological polar surface area (TPSA) is 78.9 Å². The minimum Gasteiger partial charge on any atom is -0.462 e. The van der Waals surface area contributed by atoms with Crippen LogP contribution in [0, 0.1) is 0 Å². The van der Waals surface area contributed by atoms with Gasteiger partial charge in [0.2, 0.25) is 0 Å². The average molecular weight is 867 g/mol. The number of carbonyl (C=O) groups excluding carboxylic acids is 3. The van der Waals surface area contributed by atoms with Crippen molar-refractivity contribution >= 4 is 17.9 Å². The van der Waals surface area contributed by atoms with Gasteiger partial charge in [-0.15, -0.1) is 0 Å². The van der Waals surface area contributed by atoms with Crippen molar-refractivity contribution < 1.29 is 28.6 Å². The van der Waals surface area contributed by atoms with E-state index in [1.54, 1.807) is 0 Å². The van der Waals surface area contributed by atoms with Gasteiger partial charge >= 0.3 is 17.9 Å². The monoisotopic (exact) mass is 867 g/mol. The third-order valence-electron chi connectivity index (χ3n) is 11.3. The lowest BCUT2D eigenvalue weighted by Gasteiger charge is -2.18. The summed E-state index contributed by atoms with van der Waals surface area (Å²) in [5, 5.41) is 0. The fraction of sp³-hybridized carbons (Fsp3) is 0.768. The SMILES string of the molecule is CC/C=C\C/C=C\C/C=C\C/C=C\C/C=C\CCCCCCCCCCCC(=O)OCC(COC(=O)CCCCCCCCCCC)OC(=O)CCCCCCCCCCCC. The van der Waals surface area contributed by atoms with Crippen LogP contribution in [0.5, 0.6) is 0 Å². The smallest absolute Gasteiger partial charge is 0.306 e. The molecule has 0 aromatic rings. The molecule has 0 N–H and O–H groups in total. The van der Waals surface area contributed by atoms with Gasteiger partial charge in [-0.05, 0) is 64.2 Å². The Morgan fingerprint density at radius 3 is 0.984 bits per heavy atom. The Kier molecular flexibility index (Phi) is 48.4. The molecular weight excluding hydrogens is 769 g/mol. The van der Waals surface area contributed by atoms with E-state index in [2.05, 4.69) is 81.5 Å². The van der Waals surface area contributed by atoms with Gasteiger partial charge in [-0.25, -0.2) is 0 Å². The third kappa shape index (κ3) is 48.1. The Labute approximate surface area is 383 Å². The Bertz CT molecular complexity index is 1130. The minimum atomic E-state index is -0.770. The van der Waals surface area contributed by atoms with Crippen LogP contribution in [-0.2, 0) is 28.6 Å². The van der Waals surface area contributed by atoms with Crippen molar-refractivity contribution in [3.05, 3.63) is 60.8 Å². The van der Waals surface area contributed by atoms with Gasteiger partial charge in [0, 0.05) is 19.3 Å². The molecule has 6 nitrogen and oxygen atoms in total. The summed E-state index contributed by atoms with van der Waals surface area (Å²) in [7, 11) is 0. The van der Waals surface area contributed by atoms with Crippen LogP contribution in [0.2, 0.25) is 0 Å². The summed E-state index contributed by atoms with van der Waals surface area (Å²) < 4.78 is 16.7. The van der Waals surface area contributed by atoms with E-state index >= 15 is 0 Å². The van der Waals surface area contributed by atoms with Crippen molar-refractivity contribution in [3.63, 3.8) is 0 Å². The van der Waals surface area contributed by atoms with Crippen LogP contribution in [0.25, 0.3) is 0 Å². The highest BCUT2D eigenvalue weighted by molar-refractivity contribution is 5.71. The molecule has 0 fully saturated rings. The predicted octanol–water partition coefficient (Wildman–Crippen LogP) is 17.3. The first kappa shape index (κ1) is 59.1. The van der Waals surface area contributed by atoms with E-state index in [9.17, 15) is 14.4 Å². The molecule has 0 amide bonds. The van der Waals surface area contributed by atoms with Gasteiger partial charge in [0.25, 0.3) is 0 Å². The normalized spacial score (nSPS) is 12.5. The molecule has 1 unspecified atom stereocenters. The number of carbonyl (C=O) groups is 3. The molecule has 0 aliphatic rings. The van der Waals surface area contributed by atoms with E-state index in [4.69, 9.17) is 14.2 Å². The standard InChI is InChI=1S/C56H98O6/c1-4-7-10-13-16-19-21-22-23-24-25-26-27-28-29-30-31-32-33-34-35-38-40-43-46-49-55(58)61-52-53(51-60-54(57)48-45-42-39-36-18-15-12-9-6-3)62-56(59)50-47-44-41-37-20-17-14-11-8-5-2/h7,10,16,19,22-23,25-26,28-29,53H,4-6,8-9,11-15,17-18,20-21,24,27,30-52H2,1-3H3/b10-7-,19-16-,23-22-,26-25-,29-28-. The first-order valence-electron chi connectivity index (χ1n) is 26.3. The molecule has 1 atom stereocenters. The maximum Gasteiger partial charge on any atom is 0.306 e. The second kappa shape index (κ2) is 50.8. The van der Waals surface area contributed by atoms with Crippen LogP contribution in [-0.4, -0.2) is 37.2 Å². The van der Waals surface area contributed by atoms with Crippen LogP contribution in [0.4, 0.5) is 0 Å². The summed E-state index contributed by atoms with van der Waals surface area (Å²) in [5.74, 6) is -0.878. The zero-order valence-electron chi connectivity index (χ0n) is 40.9. The Morgan fingerprint density at radius 1 is 0.339 bits per heavy atom. The Hall–Kier alpha value is -2.89. The van der Waals surface area contributed by atoms with Crippen LogP contribution in [0.1, 0.15) is 258 Å². The first-order chi connectivity index (χ1) is 30.5. The van der Waals surface area contributed by atoms with E-state index in [1.807, 2.05) is 0 Å². The lowest BCUT2D eigenvalue weighted by Crippen LogP contribution is -2.30. The zero-order chi connectivity index (χ0) is 45.1. The summed E-state index contributed by atoms with van der Waals surface area (Å²) >= 11 is 0. The molecule has 0 bridgehead atoms. The number of ether oxygens (including phenoxy) is 3.